The molecule has 2 rings (SSSR count). The second kappa shape index (κ2) is 6.41. The van der Waals surface area contributed by atoms with Crippen LogP contribution in [-0.2, 0) is 4.74 Å². The van der Waals surface area contributed by atoms with Crippen molar-refractivity contribution in [2.45, 2.75) is 44.4 Å². The van der Waals surface area contributed by atoms with E-state index < -0.39 is 18.4 Å². The van der Waals surface area contributed by atoms with Crippen LogP contribution in [0, 0.1) is 0 Å². The molecule has 1 aliphatic carbocycles. The van der Waals surface area contributed by atoms with Crippen LogP contribution in [0.1, 0.15) is 32.1 Å². The van der Waals surface area contributed by atoms with Crippen molar-refractivity contribution in [3.8, 4) is 5.75 Å². The summed E-state index contributed by atoms with van der Waals surface area (Å²) >= 11 is 0. The number of halogens is 1. The average molecular weight is 267 g/mol. The highest BCUT2D eigenvalue weighted by Gasteiger charge is 2.26. The van der Waals surface area contributed by atoms with Gasteiger partial charge in [0, 0.05) is 5.69 Å². The third kappa shape index (κ3) is 4.12. The number of benzene rings is 1. The highest BCUT2D eigenvalue weighted by Crippen LogP contribution is 2.23. The SMILES string of the molecule is O=C(Nc1ccc(O)cc1)O[C@@H]1CCCCC[C@H]1F. The molecule has 0 radical (unpaired) electrons. The number of aromatic hydroxyl groups is 1. The zero-order valence-electron chi connectivity index (χ0n) is 10.6. The van der Waals surface area contributed by atoms with Gasteiger partial charge < -0.3 is 9.84 Å². The number of alkyl halides is 1. The van der Waals surface area contributed by atoms with E-state index in [2.05, 4.69) is 5.32 Å². The summed E-state index contributed by atoms with van der Waals surface area (Å²) in [6.45, 7) is 0. The number of hydrogen-bond donors (Lipinski definition) is 2. The first-order chi connectivity index (χ1) is 9.15. The summed E-state index contributed by atoms with van der Waals surface area (Å²) in [5, 5.41) is 11.6. The number of rotatable bonds is 2. The van der Waals surface area contributed by atoms with Crippen molar-refractivity contribution >= 4 is 11.8 Å². The lowest BCUT2D eigenvalue weighted by atomic mass is 10.1. The maximum atomic E-state index is 13.7. The Morgan fingerprint density at radius 2 is 1.89 bits per heavy atom. The van der Waals surface area contributed by atoms with Crippen molar-refractivity contribution < 1.29 is 19.0 Å². The van der Waals surface area contributed by atoms with Gasteiger partial charge in [-0.25, -0.2) is 9.18 Å². The molecule has 0 saturated heterocycles. The van der Waals surface area contributed by atoms with Gasteiger partial charge in [0.05, 0.1) is 0 Å². The molecule has 0 aliphatic heterocycles. The summed E-state index contributed by atoms with van der Waals surface area (Å²) in [7, 11) is 0. The van der Waals surface area contributed by atoms with Crippen LogP contribution in [0.15, 0.2) is 24.3 Å². The lowest BCUT2D eigenvalue weighted by Crippen LogP contribution is -2.29. The van der Waals surface area contributed by atoms with E-state index in [0.29, 0.717) is 18.5 Å². The fraction of sp³-hybridized carbons (Fsp3) is 0.500. The van der Waals surface area contributed by atoms with Crippen molar-refractivity contribution in [3.63, 3.8) is 0 Å². The zero-order valence-corrected chi connectivity index (χ0v) is 10.6. The quantitative estimate of drug-likeness (QED) is 0.635. The lowest BCUT2D eigenvalue weighted by molar-refractivity contribution is 0.0486. The standard InChI is InChI=1S/C14H18FNO3/c15-12-4-2-1-3-5-13(12)19-14(18)16-10-6-8-11(17)9-7-10/h6-9,12-13,17H,1-5H2,(H,16,18)/t12-,13-/m1/s1. The van der Waals surface area contributed by atoms with Gasteiger partial charge in [0.25, 0.3) is 0 Å². The number of carbonyl (C=O) groups excluding carboxylic acids is 1. The van der Waals surface area contributed by atoms with Crippen LogP contribution in [0.4, 0.5) is 14.9 Å². The highest BCUT2D eigenvalue weighted by molar-refractivity contribution is 5.84. The summed E-state index contributed by atoms with van der Waals surface area (Å²) in [6.07, 6.45) is 1.37. The second-order valence-corrected chi connectivity index (χ2v) is 4.77. The van der Waals surface area contributed by atoms with Crippen LogP contribution in [0.25, 0.3) is 0 Å². The van der Waals surface area contributed by atoms with Gasteiger partial charge in [0.15, 0.2) is 0 Å². The van der Waals surface area contributed by atoms with E-state index in [0.717, 1.165) is 19.3 Å². The largest absolute Gasteiger partial charge is 0.508 e. The molecule has 1 amide bonds. The molecule has 1 aliphatic rings. The first kappa shape index (κ1) is 13.6. The monoisotopic (exact) mass is 267 g/mol. The maximum Gasteiger partial charge on any atom is 0.411 e. The molecule has 2 atom stereocenters. The number of amides is 1. The van der Waals surface area contributed by atoms with Gasteiger partial charge >= 0.3 is 6.09 Å². The smallest absolute Gasteiger partial charge is 0.411 e. The molecule has 1 fully saturated rings. The molecule has 0 heterocycles. The number of phenolic OH excluding ortho intramolecular Hbond substituents is 1. The topological polar surface area (TPSA) is 58.6 Å². The molecule has 19 heavy (non-hydrogen) atoms. The Labute approximate surface area is 111 Å². The van der Waals surface area contributed by atoms with Crippen LogP contribution >= 0.6 is 0 Å². The fourth-order valence-corrected chi connectivity index (χ4v) is 2.19. The highest BCUT2D eigenvalue weighted by atomic mass is 19.1. The Morgan fingerprint density at radius 1 is 1.21 bits per heavy atom. The van der Waals surface area contributed by atoms with Crippen molar-refractivity contribution in [3.05, 3.63) is 24.3 Å². The maximum absolute atomic E-state index is 13.7. The van der Waals surface area contributed by atoms with E-state index in [-0.39, 0.29) is 5.75 Å². The molecular formula is C14H18FNO3. The van der Waals surface area contributed by atoms with E-state index in [1.165, 1.54) is 12.1 Å². The van der Waals surface area contributed by atoms with Gasteiger partial charge in [-0.05, 0) is 43.5 Å². The zero-order chi connectivity index (χ0) is 13.7. The third-order valence-electron chi connectivity index (χ3n) is 3.24. The molecule has 0 bridgehead atoms. The second-order valence-electron chi connectivity index (χ2n) is 4.77. The molecule has 4 nitrogen and oxygen atoms in total. The van der Waals surface area contributed by atoms with E-state index in [1.54, 1.807) is 12.1 Å². The molecule has 5 heteroatoms. The lowest BCUT2D eigenvalue weighted by Gasteiger charge is -2.19. The normalized spacial score (nSPS) is 23.4. The van der Waals surface area contributed by atoms with Crippen molar-refractivity contribution in [1.29, 1.82) is 0 Å². The van der Waals surface area contributed by atoms with E-state index in [4.69, 9.17) is 9.84 Å². The summed E-state index contributed by atoms with van der Waals surface area (Å²) in [4.78, 5) is 11.7. The number of nitrogens with one attached hydrogen (secondary N) is 1. The molecule has 0 spiro atoms. The van der Waals surface area contributed by atoms with E-state index in [1.807, 2.05) is 0 Å². The summed E-state index contributed by atoms with van der Waals surface area (Å²) in [5.41, 5.74) is 0.506. The van der Waals surface area contributed by atoms with Crippen LogP contribution in [0.2, 0.25) is 0 Å². The van der Waals surface area contributed by atoms with Gasteiger partial charge in [0.2, 0.25) is 0 Å². The van der Waals surface area contributed by atoms with E-state index >= 15 is 0 Å². The summed E-state index contributed by atoms with van der Waals surface area (Å²) in [6, 6.07) is 6.02. The molecule has 1 saturated carbocycles. The number of ether oxygens (including phenoxy) is 1. The molecule has 1 aromatic rings. The predicted octanol–water partition coefficient (Wildman–Crippen LogP) is 3.61. The first-order valence-electron chi connectivity index (χ1n) is 6.56. The number of hydrogen-bond acceptors (Lipinski definition) is 3. The molecule has 1 aromatic carbocycles. The van der Waals surface area contributed by atoms with Gasteiger partial charge in [-0.1, -0.05) is 12.8 Å². The van der Waals surface area contributed by atoms with Crippen LogP contribution < -0.4 is 5.32 Å². The molecule has 2 N–H and O–H groups in total. The Kier molecular flexibility index (Phi) is 4.60. The molecule has 0 unspecified atom stereocenters. The van der Waals surface area contributed by atoms with Gasteiger partial charge in [0.1, 0.15) is 18.0 Å². The Hall–Kier alpha value is -1.78. The summed E-state index contributed by atoms with van der Waals surface area (Å²) < 4.78 is 18.9. The van der Waals surface area contributed by atoms with Gasteiger partial charge in [-0.15, -0.1) is 0 Å². The molecule has 104 valence electrons. The Balaban J connectivity index is 1.87. The van der Waals surface area contributed by atoms with Crippen molar-refractivity contribution in [2.24, 2.45) is 0 Å². The molecular weight excluding hydrogens is 249 g/mol. The van der Waals surface area contributed by atoms with Gasteiger partial charge in [-0.2, -0.15) is 0 Å². The van der Waals surface area contributed by atoms with E-state index in [9.17, 15) is 9.18 Å². The Bertz CT molecular complexity index is 421. The third-order valence-corrected chi connectivity index (χ3v) is 3.24. The fourth-order valence-electron chi connectivity index (χ4n) is 2.19. The minimum Gasteiger partial charge on any atom is -0.508 e. The summed E-state index contributed by atoms with van der Waals surface area (Å²) in [5.74, 6) is 0.117. The van der Waals surface area contributed by atoms with Crippen LogP contribution in [0.3, 0.4) is 0 Å². The Morgan fingerprint density at radius 3 is 2.63 bits per heavy atom. The van der Waals surface area contributed by atoms with Crippen molar-refractivity contribution in [2.75, 3.05) is 5.32 Å². The number of carbonyl (C=O) groups is 1. The first-order valence-corrected chi connectivity index (χ1v) is 6.56. The molecule has 0 aromatic heterocycles. The minimum atomic E-state index is -1.08. The predicted molar refractivity (Wildman–Crippen MR) is 70.0 cm³/mol. The van der Waals surface area contributed by atoms with Crippen LogP contribution in [-0.4, -0.2) is 23.5 Å². The minimum absolute atomic E-state index is 0.117. The van der Waals surface area contributed by atoms with Crippen molar-refractivity contribution in [1.82, 2.24) is 0 Å². The average Bonchev–Trinajstić information content (AvgIpc) is 2.58. The number of phenols is 1. The van der Waals surface area contributed by atoms with Gasteiger partial charge in [-0.3, -0.25) is 5.32 Å². The van der Waals surface area contributed by atoms with Crippen LogP contribution in [0.5, 0.6) is 5.75 Å². The number of anilines is 1.